The highest BCUT2D eigenvalue weighted by Gasteiger charge is 2.48. The van der Waals surface area contributed by atoms with Crippen LogP contribution in [0.3, 0.4) is 0 Å². The van der Waals surface area contributed by atoms with E-state index in [1.54, 1.807) is 6.26 Å². The van der Waals surface area contributed by atoms with Gasteiger partial charge in [-0.25, -0.2) is 0 Å². The maximum absolute atomic E-state index is 11.6. The number of aliphatic hydroxyl groups is 1. The molecule has 0 radical (unpaired) electrons. The fourth-order valence-corrected chi connectivity index (χ4v) is 5.04. The number of hydrogen-bond donors (Lipinski definition) is 1. The number of nitrogens with zero attached hydrogens (tertiary/aromatic N) is 1. The molecule has 0 amide bonds. The molecule has 0 bridgehead atoms. The summed E-state index contributed by atoms with van der Waals surface area (Å²) in [6.45, 7) is 2.09. The molecule has 2 aliphatic rings. The number of fused-ring (bicyclic) bond motifs is 1. The van der Waals surface area contributed by atoms with E-state index in [-0.39, 0.29) is 0 Å². The fraction of sp³-hybridized carbons (Fsp3) is 0.545. The lowest BCUT2D eigenvalue weighted by Crippen LogP contribution is -2.57. The Kier molecular flexibility index (Phi) is 4.96. The number of likely N-dealkylation sites (tertiary alicyclic amines) is 1. The number of rotatable bonds is 5. The summed E-state index contributed by atoms with van der Waals surface area (Å²) in [5.41, 5.74) is 0.464. The van der Waals surface area contributed by atoms with Gasteiger partial charge in [-0.2, -0.15) is 0 Å². The van der Waals surface area contributed by atoms with E-state index < -0.39 is 5.60 Å². The van der Waals surface area contributed by atoms with Crippen LogP contribution in [0.15, 0.2) is 53.1 Å². The zero-order chi connectivity index (χ0) is 17.1. The Hall–Kier alpha value is -1.58. The van der Waals surface area contributed by atoms with Gasteiger partial charge in [0.2, 0.25) is 0 Å². The van der Waals surface area contributed by atoms with Crippen LogP contribution in [-0.2, 0) is 12.0 Å². The Labute approximate surface area is 150 Å². The Morgan fingerprint density at radius 1 is 1.08 bits per heavy atom. The quantitative estimate of drug-likeness (QED) is 0.879. The van der Waals surface area contributed by atoms with E-state index in [9.17, 15) is 5.11 Å². The molecule has 0 unspecified atom stereocenters. The van der Waals surface area contributed by atoms with Crippen LogP contribution in [0.4, 0.5) is 0 Å². The average molecular weight is 339 g/mol. The van der Waals surface area contributed by atoms with Crippen LogP contribution in [0.2, 0.25) is 0 Å². The van der Waals surface area contributed by atoms with Gasteiger partial charge in [-0.15, -0.1) is 0 Å². The summed E-state index contributed by atoms with van der Waals surface area (Å²) in [7, 11) is 0. The number of furan rings is 1. The van der Waals surface area contributed by atoms with Crippen LogP contribution in [0, 0.1) is 5.92 Å². The van der Waals surface area contributed by atoms with E-state index in [1.165, 1.54) is 19.3 Å². The molecule has 1 aromatic heterocycles. The van der Waals surface area contributed by atoms with Gasteiger partial charge in [0.1, 0.15) is 5.76 Å². The molecule has 1 aliphatic carbocycles. The molecule has 2 heterocycles. The Bertz CT molecular complexity index is 654. The van der Waals surface area contributed by atoms with Crippen LogP contribution in [0.25, 0.3) is 0 Å². The van der Waals surface area contributed by atoms with Gasteiger partial charge in [0.25, 0.3) is 0 Å². The second-order valence-corrected chi connectivity index (χ2v) is 7.72. The molecule has 3 nitrogen and oxygen atoms in total. The van der Waals surface area contributed by atoms with Gasteiger partial charge >= 0.3 is 0 Å². The van der Waals surface area contributed by atoms with Crippen LogP contribution in [-0.4, -0.2) is 29.1 Å². The molecule has 1 saturated carbocycles. The van der Waals surface area contributed by atoms with E-state index in [0.29, 0.717) is 12.0 Å². The SMILES string of the molecule is O[C@@]1(c2ccccc2)CCN(CCCc2ccco2)[C@H]2CCCC[C@@H]21. The molecule has 3 heteroatoms. The number of aryl methyl sites for hydroxylation is 1. The highest BCUT2D eigenvalue weighted by Crippen LogP contribution is 2.46. The number of benzene rings is 1. The maximum atomic E-state index is 11.6. The van der Waals surface area contributed by atoms with Crippen molar-refractivity contribution in [2.75, 3.05) is 13.1 Å². The molecule has 1 N–H and O–H groups in total. The minimum Gasteiger partial charge on any atom is -0.469 e. The standard InChI is InChI=1S/C22H29NO2/c24-22(18-8-2-1-3-9-18)14-16-23(21-13-5-4-12-20(21)22)15-6-10-19-11-7-17-25-19/h1-3,7-9,11,17,20-21,24H,4-6,10,12-16H2/t20-,21-,22+/m0/s1. The highest BCUT2D eigenvalue weighted by molar-refractivity contribution is 5.25. The van der Waals surface area contributed by atoms with Crippen molar-refractivity contribution in [1.82, 2.24) is 4.90 Å². The number of piperidine rings is 1. The second kappa shape index (κ2) is 7.35. The van der Waals surface area contributed by atoms with E-state index in [4.69, 9.17) is 4.42 Å². The monoisotopic (exact) mass is 339 g/mol. The zero-order valence-corrected chi connectivity index (χ0v) is 14.9. The minimum atomic E-state index is -0.649. The first-order valence-corrected chi connectivity index (χ1v) is 9.82. The molecule has 1 saturated heterocycles. The van der Waals surface area contributed by atoms with Gasteiger partial charge < -0.3 is 9.52 Å². The van der Waals surface area contributed by atoms with Crippen LogP contribution >= 0.6 is 0 Å². The third-order valence-electron chi connectivity index (χ3n) is 6.31. The molecule has 134 valence electrons. The van der Waals surface area contributed by atoms with Gasteiger partial charge in [0, 0.05) is 24.9 Å². The van der Waals surface area contributed by atoms with Crippen molar-refractivity contribution in [3.63, 3.8) is 0 Å². The summed E-state index contributed by atoms with van der Waals surface area (Å²) in [5, 5.41) is 11.6. The van der Waals surface area contributed by atoms with Crippen LogP contribution < -0.4 is 0 Å². The first kappa shape index (κ1) is 16.9. The molecule has 3 atom stereocenters. The molecular weight excluding hydrogens is 310 g/mol. The molecule has 2 fully saturated rings. The molecule has 1 aromatic carbocycles. The average Bonchev–Trinajstić information content (AvgIpc) is 3.18. The lowest BCUT2D eigenvalue weighted by Gasteiger charge is -2.52. The smallest absolute Gasteiger partial charge is 0.103 e. The number of hydrogen-bond acceptors (Lipinski definition) is 3. The van der Waals surface area contributed by atoms with Gasteiger partial charge in [-0.3, -0.25) is 4.90 Å². The normalized spacial score (nSPS) is 30.1. The molecular formula is C22H29NO2. The van der Waals surface area contributed by atoms with Crippen molar-refractivity contribution in [2.24, 2.45) is 5.92 Å². The van der Waals surface area contributed by atoms with Crippen LogP contribution in [0.1, 0.15) is 49.8 Å². The summed E-state index contributed by atoms with van der Waals surface area (Å²) in [6.07, 6.45) is 9.64. The molecule has 25 heavy (non-hydrogen) atoms. The fourth-order valence-electron chi connectivity index (χ4n) is 5.04. The van der Waals surface area contributed by atoms with Gasteiger partial charge in [0.05, 0.1) is 11.9 Å². The van der Waals surface area contributed by atoms with Crippen molar-refractivity contribution in [3.8, 4) is 0 Å². The molecule has 0 spiro atoms. The predicted octanol–water partition coefficient (Wildman–Crippen LogP) is 4.36. The Morgan fingerprint density at radius 2 is 1.92 bits per heavy atom. The van der Waals surface area contributed by atoms with Gasteiger partial charge in [-0.1, -0.05) is 43.2 Å². The summed E-state index contributed by atoms with van der Waals surface area (Å²) in [4.78, 5) is 2.64. The predicted molar refractivity (Wildman–Crippen MR) is 99.3 cm³/mol. The van der Waals surface area contributed by atoms with Crippen molar-refractivity contribution >= 4 is 0 Å². The maximum Gasteiger partial charge on any atom is 0.103 e. The van der Waals surface area contributed by atoms with Gasteiger partial charge in [0.15, 0.2) is 0 Å². The topological polar surface area (TPSA) is 36.6 Å². The van der Waals surface area contributed by atoms with E-state index in [0.717, 1.165) is 50.1 Å². The Balaban J connectivity index is 1.46. The van der Waals surface area contributed by atoms with E-state index in [2.05, 4.69) is 35.2 Å². The summed E-state index contributed by atoms with van der Waals surface area (Å²) >= 11 is 0. The molecule has 4 rings (SSSR count). The highest BCUT2D eigenvalue weighted by atomic mass is 16.3. The van der Waals surface area contributed by atoms with Crippen molar-refractivity contribution in [2.45, 2.75) is 56.6 Å². The lowest BCUT2D eigenvalue weighted by molar-refractivity contribution is -0.120. The van der Waals surface area contributed by atoms with E-state index >= 15 is 0 Å². The Morgan fingerprint density at radius 3 is 2.72 bits per heavy atom. The van der Waals surface area contributed by atoms with E-state index in [1.807, 2.05) is 12.1 Å². The van der Waals surface area contributed by atoms with Gasteiger partial charge in [-0.05, 0) is 49.9 Å². The molecule has 2 aromatic rings. The van der Waals surface area contributed by atoms with Crippen molar-refractivity contribution in [1.29, 1.82) is 0 Å². The summed E-state index contributed by atoms with van der Waals surface area (Å²) in [5.74, 6) is 1.44. The minimum absolute atomic E-state index is 0.362. The first-order chi connectivity index (χ1) is 12.3. The molecule has 1 aliphatic heterocycles. The zero-order valence-electron chi connectivity index (χ0n) is 14.9. The van der Waals surface area contributed by atoms with Crippen molar-refractivity contribution in [3.05, 3.63) is 60.1 Å². The third kappa shape index (κ3) is 3.40. The first-order valence-electron chi connectivity index (χ1n) is 9.82. The van der Waals surface area contributed by atoms with Crippen molar-refractivity contribution < 1.29 is 9.52 Å². The van der Waals surface area contributed by atoms with Crippen LogP contribution in [0.5, 0.6) is 0 Å². The lowest BCUT2D eigenvalue weighted by atomic mass is 9.66. The largest absolute Gasteiger partial charge is 0.469 e. The third-order valence-corrected chi connectivity index (χ3v) is 6.31. The second-order valence-electron chi connectivity index (χ2n) is 7.72. The summed E-state index contributed by atoms with van der Waals surface area (Å²) < 4.78 is 5.46. The summed E-state index contributed by atoms with van der Waals surface area (Å²) in [6, 6.07) is 14.9.